The molecule has 2 aromatic rings. The third-order valence-corrected chi connectivity index (χ3v) is 2.92. The molecule has 0 aliphatic rings. The third-order valence-electron chi connectivity index (χ3n) is 2.92. The zero-order valence-electron chi connectivity index (χ0n) is 12.5. The molecule has 4 nitrogen and oxygen atoms in total. The summed E-state index contributed by atoms with van der Waals surface area (Å²) in [5.74, 6) is -0.342. The lowest BCUT2D eigenvalue weighted by atomic mass is 9.79. The van der Waals surface area contributed by atoms with E-state index in [-0.39, 0.29) is 29.7 Å². The van der Waals surface area contributed by atoms with Crippen molar-refractivity contribution in [1.29, 1.82) is 0 Å². The van der Waals surface area contributed by atoms with Gasteiger partial charge in [-0.25, -0.2) is 4.39 Å². The normalized spacial score (nSPS) is 10.6. The largest absolute Gasteiger partial charge is 0.492 e. The van der Waals surface area contributed by atoms with Crippen LogP contribution in [-0.4, -0.2) is 23.3 Å². The molecule has 0 amide bonds. The van der Waals surface area contributed by atoms with Gasteiger partial charge in [-0.3, -0.25) is 0 Å². The zero-order chi connectivity index (χ0) is 16.1. The Labute approximate surface area is 129 Å². The molecule has 2 aromatic carbocycles. The molecule has 0 saturated carbocycles. The van der Waals surface area contributed by atoms with E-state index in [0.717, 1.165) is 11.6 Å². The van der Waals surface area contributed by atoms with Gasteiger partial charge in [-0.1, -0.05) is 30.3 Å². The van der Waals surface area contributed by atoms with Crippen molar-refractivity contribution < 1.29 is 23.9 Å². The first kappa shape index (κ1) is 16.3. The van der Waals surface area contributed by atoms with E-state index in [1.165, 1.54) is 6.07 Å². The lowest BCUT2D eigenvalue weighted by Gasteiger charge is -2.18. The number of halogens is 1. The van der Waals surface area contributed by atoms with E-state index in [2.05, 4.69) is 0 Å². The molecule has 0 spiro atoms. The van der Waals surface area contributed by atoms with E-state index in [1.54, 1.807) is 13.8 Å². The molecule has 0 unspecified atom stereocenters. The summed E-state index contributed by atoms with van der Waals surface area (Å²) in [5, 5.41) is 18.8. The van der Waals surface area contributed by atoms with E-state index in [0.29, 0.717) is 0 Å². The van der Waals surface area contributed by atoms with Crippen LogP contribution >= 0.6 is 0 Å². The number of benzene rings is 2. The van der Waals surface area contributed by atoms with E-state index < -0.39 is 12.9 Å². The maximum atomic E-state index is 13.7. The van der Waals surface area contributed by atoms with Crippen LogP contribution in [0.3, 0.4) is 0 Å². The predicted octanol–water partition coefficient (Wildman–Crippen LogP) is 1.87. The molecule has 0 heterocycles. The van der Waals surface area contributed by atoms with Crippen LogP contribution in [0.2, 0.25) is 0 Å². The molecule has 0 aliphatic carbocycles. The first-order chi connectivity index (χ1) is 10.5. The average Bonchev–Trinajstić information content (AvgIpc) is 2.47. The Morgan fingerprint density at radius 1 is 1.14 bits per heavy atom. The maximum absolute atomic E-state index is 13.7. The molecule has 6 heteroatoms. The highest BCUT2D eigenvalue weighted by Crippen LogP contribution is 2.28. The highest BCUT2D eigenvalue weighted by atomic mass is 19.1. The van der Waals surface area contributed by atoms with Gasteiger partial charge in [0.2, 0.25) is 0 Å². The summed E-state index contributed by atoms with van der Waals surface area (Å²) in [7, 11) is -1.84. The molecule has 116 valence electrons. The number of rotatable bonds is 6. The third kappa shape index (κ3) is 4.22. The van der Waals surface area contributed by atoms with E-state index >= 15 is 0 Å². The standard InChI is InChI=1S/C16H18BFO4/c1-11(2)22-16-14(17(19)20)8-13(18)9-15(16)21-10-12-6-4-3-5-7-12/h3-9,11,19-20H,10H2,1-2H3. The Kier molecular flexibility index (Phi) is 5.41. The van der Waals surface area contributed by atoms with Gasteiger partial charge in [0.05, 0.1) is 6.10 Å². The average molecular weight is 304 g/mol. The summed E-state index contributed by atoms with van der Waals surface area (Å²) in [5.41, 5.74) is 0.852. The molecule has 0 saturated heterocycles. The van der Waals surface area contributed by atoms with Crippen molar-refractivity contribution in [2.45, 2.75) is 26.6 Å². The molecule has 2 rings (SSSR count). The molecule has 22 heavy (non-hydrogen) atoms. The second kappa shape index (κ2) is 7.29. The molecular weight excluding hydrogens is 286 g/mol. The lowest BCUT2D eigenvalue weighted by Crippen LogP contribution is -2.33. The molecule has 0 fully saturated rings. The van der Waals surface area contributed by atoms with Crippen molar-refractivity contribution in [3.05, 3.63) is 53.8 Å². The monoisotopic (exact) mass is 304 g/mol. The van der Waals surface area contributed by atoms with Crippen LogP contribution < -0.4 is 14.9 Å². The summed E-state index contributed by atoms with van der Waals surface area (Å²) in [6.45, 7) is 3.80. The Balaban J connectivity index is 2.31. The second-order valence-corrected chi connectivity index (χ2v) is 5.14. The van der Waals surface area contributed by atoms with Crippen LogP contribution in [0.25, 0.3) is 0 Å². The van der Waals surface area contributed by atoms with Crippen LogP contribution in [-0.2, 0) is 6.61 Å². The van der Waals surface area contributed by atoms with Gasteiger partial charge in [0.1, 0.15) is 12.4 Å². The van der Waals surface area contributed by atoms with Crippen molar-refractivity contribution in [3.8, 4) is 11.5 Å². The van der Waals surface area contributed by atoms with Crippen molar-refractivity contribution in [2.24, 2.45) is 0 Å². The number of hydrogen-bond donors (Lipinski definition) is 2. The molecule has 0 radical (unpaired) electrons. The summed E-state index contributed by atoms with van der Waals surface area (Å²) < 4.78 is 24.9. The summed E-state index contributed by atoms with van der Waals surface area (Å²) in [6, 6.07) is 11.6. The summed E-state index contributed by atoms with van der Waals surface area (Å²) in [4.78, 5) is 0. The van der Waals surface area contributed by atoms with Gasteiger partial charge in [-0.05, 0) is 25.5 Å². The maximum Gasteiger partial charge on any atom is 0.492 e. The quantitative estimate of drug-likeness (QED) is 0.800. The van der Waals surface area contributed by atoms with E-state index in [9.17, 15) is 14.4 Å². The minimum absolute atomic E-state index is 0.0586. The van der Waals surface area contributed by atoms with Crippen LogP contribution in [0.1, 0.15) is 19.4 Å². The Morgan fingerprint density at radius 3 is 2.41 bits per heavy atom. The fourth-order valence-corrected chi connectivity index (χ4v) is 1.98. The topological polar surface area (TPSA) is 58.9 Å². The second-order valence-electron chi connectivity index (χ2n) is 5.14. The van der Waals surface area contributed by atoms with Crippen molar-refractivity contribution in [1.82, 2.24) is 0 Å². The fourth-order valence-electron chi connectivity index (χ4n) is 1.98. The highest BCUT2D eigenvalue weighted by Gasteiger charge is 2.23. The van der Waals surface area contributed by atoms with Crippen LogP contribution in [0, 0.1) is 5.82 Å². The summed E-state index contributed by atoms with van der Waals surface area (Å²) >= 11 is 0. The van der Waals surface area contributed by atoms with Gasteiger partial charge in [-0.15, -0.1) is 0 Å². The minimum atomic E-state index is -1.84. The Morgan fingerprint density at radius 2 is 1.82 bits per heavy atom. The molecule has 0 aromatic heterocycles. The first-order valence-corrected chi connectivity index (χ1v) is 7.00. The van der Waals surface area contributed by atoms with Crippen molar-refractivity contribution in [2.75, 3.05) is 0 Å². The van der Waals surface area contributed by atoms with Crippen molar-refractivity contribution in [3.63, 3.8) is 0 Å². The molecule has 0 aliphatic heterocycles. The number of hydrogen-bond acceptors (Lipinski definition) is 4. The zero-order valence-corrected chi connectivity index (χ0v) is 12.5. The predicted molar refractivity (Wildman–Crippen MR) is 82.8 cm³/mol. The van der Waals surface area contributed by atoms with Gasteiger partial charge < -0.3 is 19.5 Å². The Hall–Kier alpha value is -2.05. The molecule has 0 bridgehead atoms. The molecule has 2 N–H and O–H groups in total. The van der Waals surface area contributed by atoms with Crippen molar-refractivity contribution >= 4 is 12.6 Å². The van der Waals surface area contributed by atoms with Gasteiger partial charge in [0.15, 0.2) is 11.5 Å². The Bertz CT molecular complexity index is 617. The van der Waals surface area contributed by atoms with Gasteiger partial charge in [0, 0.05) is 11.5 Å². The van der Waals surface area contributed by atoms with Gasteiger partial charge in [-0.2, -0.15) is 0 Å². The number of ether oxygens (including phenoxy) is 2. The van der Waals surface area contributed by atoms with E-state index in [1.807, 2.05) is 30.3 Å². The summed E-state index contributed by atoms with van der Waals surface area (Å²) in [6.07, 6.45) is -0.220. The van der Waals surface area contributed by atoms with Crippen LogP contribution in [0.4, 0.5) is 4.39 Å². The minimum Gasteiger partial charge on any atom is -0.487 e. The smallest absolute Gasteiger partial charge is 0.487 e. The van der Waals surface area contributed by atoms with E-state index in [4.69, 9.17) is 9.47 Å². The first-order valence-electron chi connectivity index (χ1n) is 7.00. The van der Waals surface area contributed by atoms with Gasteiger partial charge in [0.25, 0.3) is 0 Å². The highest BCUT2D eigenvalue weighted by molar-refractivity contribution is 6.59. The van der Waals surface area contributed by atoms with Gasteiger partial charge >= 0.3 is 7.12 Å². The van der Waals surface area contributed by atoms with Crippen LogP contribution in [0.15, 0.2) is 42.5 Å². The van der Waals surface area contributed by atoms with Crippen LogP contribution in [0.5, 0.6) is 11.5 Å². The lowest BCUT2D eigenvalue weighted by molar-refractivity contribution is 0.218. The molecular formula is C16H18BFO4. The molecule has 0 atom stereocenters. The SMILES string of the molecule is CC(C)Oc1c(OCc2ccccc2)cc(F)cc1B(O)O. The fraction of sp³-hybridized carbons (Fsp3) is 0.250.